The Kier molecular flexibility index (Phi) is 3.16. The van der Waals surface area contributed by atoms with Gasteiger partial charge < -0.3 is 0 Å². The van der Waals surface area contributed by atoms with Crippen LogP contribution in [0.3, 0.4) is 0 Å². The summed E-state index contributed by atoms with van der Waals surface area (Å²) >= 11 is 0. The quantitative estimate of drug-likeness (QED) is 0.678. The summed E-state index contributed by atoms with van der Waals surface area (Å²) in [6.45, 7) is 0. The van der Waals surface area contributed by atoms with Gasteiger partial charge in [-0.3, -0.25) is 0 Å². The first-order chi connectivity index (χ1) is 6.86. The van der Waals surface area contributed by atoms with Crippen LogP contribution in [0.25, 0.3) is 10.8 Å². The van der Waals surface area contributed by atoms with E-state index in [-0.39, 0.29) is 0 Å². The van der Waals surface area contributed by atoms with Crippen molar-refractivity contribution in [2.75, 3.05) is 0 Å². The zero-order chi connectivity index (χ0) is 9.97. The van der Waals surface area contributed by atoms with Crippen molar-refractivity contribution < 1.29 is 0 Å². The van der Waals surface area contributed by atoms with Crippen LogP contribution in [-0.2, 0) is 12.3 Å². The molecule has 2 aromatic carbocycles. The fourth-order valence-electron chi connectivity index (χ4n) is 1.84. The molecule has 2 heteroatoms. The maximum atomic E-state index is 2.80. The van der Waals surface area contributed by atoms with Crippen molar-refractivity contribution in [3.8, 4) is 0 Å². The lowest BCUT2D eigenvalue weighted by molar-refractivity contribution is 1.40. The van der Waals surface area contributed by atoms with Gasteiger partial charge in [-0.05, 0) is 34.2 Å². The van der Waals surface area contributed by atoms with Gasteiger partial charge >= 0.3 is 0 Å². The van der Waals surface area contributed by atoms with Crippen LogP contribution >= 0.6 is 18.5 Å². The van der Waals surface area contributed by atoms with E-state index in [0.29, 0.717) is 0 Å². The zero-order valence-corrected chi connectivity index (χ0v) is 10.3. The Balaban J connectivity index is 2.81. The second-order valence-electron chi connectivity index (χ2n) is 3.34. The van der Waals surface area contributed by atoms with E-state index >= 15 is 0 Å². The van der Waals surface area contributed by atoms with Gasteiger partial charge in [0, 0.05) is 0 Å². The third kappa shape index (κ3) is 1.70. The molecule has 0 nitrogen and oxygen atoms in total. The molecule has 0 saturated heterocycles. The summed E-state index contributed by atoms with van der Waals surface area (Å²) < 4.78 is 0. The second-order valence-corrected chi connectivity index (χ2v) is 4.16. The molecule has 0 radical (unpaired) electrons. The van der Waals surface area contributed by atoms with Gasteiger partial charge in [0.1, 0.15) is 0 Å². The molecular weight excluding hydrogens is 206 g/mol. The molecule has 0 spiro atoms. The topological polar surface area (TPSA) is 0 Å². The molecule has 0 N–H and O–H groups in total. The first-order valence-corrected chi connectivity index (χ1v) is 6.39. The van der Waals surface area contributed by atoms with Gasteiger partial charge in [0.05, 0.1) is 0 Å². The van der Waals surface area contributed by atoms with Crippen molar-refractivity contribution in [2.45, 2.75) is 12.3 Å². The van der Waals surface area contributed by atoms with Crippen molar-refractivity contribution in [1.29, 1.82) is 0 Å². The van der Waals surface area contributed by atoms with Crippen LogP contribution in [0.5, 0.6) is 0 Å². The van der Waals surface area contributed by atoms with E-state index < -0.39 is 0 Å². The smallest absolute Gasteiger partial charge is 0.0113 e. The highest BCUT2D eigenvalue weighted by Crippen LogP contribution is 2.26. The summed E-state index contributed by atoms with van der Waals surface area (Å²) in [5.41, 5.74) is 2.84. The van der Waals surface area contributed by atoms with Crippen LogP contribution in [0.1, 0.15) is 11.1 Å². The molecule has 72 valence electrons. The van der Waals surface area contributed by atoms with Gasteiger partial charge in [0.2, 0.25) is 0 Å². The molecular formula is C12H14P2. The lowest BCUT2D eigenvalue weighted by Crippen LogP contribution is -1.87. The standard InChI is InChI=1S/C12H14P2/c13-7-10-5-1-3-9-4-2-6-11(8-14)12(9)10/h1-6H,7-8,13-14H2. The number of benzene rings is 2. The third-order valence-corrected chi connectivity index (χ3v) is 3.40. The summed E-state index contributed by atoms with van der Waals surface area (Å²) in [6.07, 6.45) is 2.05. The Bertz CT molecular complexity index is 410. The first-order valence-electron chi connectivity index (χ1n) is 4.76. The van der Waals surface area contributed by atoms with Crippen molar-refractivity contribution in [2.24, 2.45) is 0 Å². The Hall–Kier alpha value is -0.440. The highest BCUT2D eigenvalue weighted by atomic mass is 31.0. The third-order valence-electron chi connectivity index (χ3n) is 2.52. The Labute approximate surface area is 89.5 Å². The van der Waals surface area contributed by atoms with Crippen molar-refractivity contribution in [1.82, 2.24) is 0 Å². The minimum Gasteiger partial charge on any atom is -0.133 e. The molecule has 0 saturated carbocycles. The van der Waals surface area contributed by atoms with Gasteiger partial charge in [0.25, 0.3) is 0 Å². The highest BCUT2D eigenvalue weighted by Gasteiger charge is 2.02. The summed E-state index contributed by atoms with van der Waals surface area (Å²) in [5.74, 6) is 0. The maximum Gasteiger partial charge on any atom is -0.0113 e. The molecule has 0 aliphatic heterocycles. The molecule has 14 heavy (non-hydrogen) atoms. The summed E-state index contributed by atoms with van der Waals surface area (Å²) in [5, 5.41) is 2.78. The summed E-state index contributed by atoms with van der Waals surface area (Å²) in [6, 6.07) is 13.0. The summed E-state index contributed by atoms with van der Waals surface area (Å²) in [7, 11) is 5.61. The largest absolute Gasteiger partial charge is 0.133 e. The lowest BCUT2D eigenvalue weighted by atomic mass is 10.0. The number of fused-ring (bicyclic) bond motifs is 1. The fourth-order valence-corrected chi connectivity index (χ4v) is 2.52. The molecule has 2 aromatic rings. The normalized spacial score (nSPS) is 10.7. The van der Waals surface area contributed by atoms with Gasteiger partial charge in [-0.15, -0.1) is 18.5 Å². The molecule has 0 aliphatic carbocycles. The van der Waals surface area contributed by atoms with Crippen LogP contribution in [0.4, 0.5) is 0 Å². The van der Waals surface area contributed by atoms with Crippen molar-refractivity contribution >= 4 is 29.3 Å². The minimum atomic E-state index is 1.03. The van der Waals surface area contributed by atoms with Crippen LogP contribution < -0.4 is 0 Å². The van der Waals surface area contributed by atoms with Gasteiger partial charge in [0.15, 0.2) is 0 Å². The molecule has 0 heterocycles. The Morgan fingerprint density at radius 2 is 1.29 bits per heavy atom. The molecule has 2 atom stereocenters. The van der Waals surface area contributed by atoms with E-state index in [1.54, 1.807) is 0 Å². The molecule has 2 unspecified atom stereocenters. The summed E-state index contributed by atoms with van der Waals surface area (Å²) in [4.78, 5) is 0. The van der Waals surface area contributed by atoms with Gasteiger partial charge in [-0.25, -0.2) is 0 Å². The average Bonchev–Trinajstić information content (AvgIpc) is 2.27. The molecule has 0 aromatic heterocycles. The number of hydrogen-bond acceptors (Lipinski definition) is 0. The fraction of sp³-hybridized carbons (Fsp3) is 0.167. The van der Waals surface area contributed by atoms with Crippen molar-refractivity contribution in [3.63, 3.8) is 0 Å². The molecule has 0 amide bonds. The lowest BCUT2D eigenvalue weighted by Gasteiger charge is -2.08. The predicted octanol–water partition coefficient (Wildman–Crippen LogP) is 3.59. The molecule has 2 rings (SSSR count). The van der Waals surface area contributed by atoms with Gasteiger partial charge in [-0.1, -0.05) is 36.4 Å². The zero-order valence-electron chi connectivity index (χ0n) is 8.03. The predicted molar refractivity (Wildman–Crippen MR) is 70.8 cm³/mol. The Morgan fingerprint density at radius 1 is 0.786 bits per heavy atom. The van der Waals surface area contributed by atoms with E-state index in [4.69, 9.17) is 0 Å². The average molecular weight is 220 g/mol. The Morgan fingerprint density at radius 3 is 1.71 bits per heavy atom. The van der Waals surface area contributed by atoms with E-state index in [0.717, 1.165) is 12.3 Å². The number of hydrogen-bond donors (Lipinski definition) is 0. The molecule has 0 aliphatic rings. The SMILES string of the molecule is PCc1cccc2cccc(CP)c12. The highest BCUT2D eigenvalue weighted by molar-refractivity contribution is 7.15. The van der Waals surface area contributed by atoms with E-state index in [1.807, 2.05) is 0 Å². The van der Waals surface area contributed by atoms with Crippen LogP contribution in [0, 0.1) is 0 Å². The molecule has 0 fully saturated rings. The monoisotopic (exact) mass is 220 g/mol. The van der Waals surface area contributed by atoms with E-state index in [2.05, 4.69) is 54.9 Å². The number of rotatable bonds is 2. The maximum absolute atomic E-state index is 2.80. The van der Waals surface area contributed by atoms with Gasteiger partial charge in [-0.2, -0.15) is 0 Å². The van der Waals surface area contributed by atoms with Crippen LogP contribution in [0.2, 0.25) is 0 Å². The first kappa shape index (κ1) is 10.1. The molecule has 0 bridgehead atoms. The van der Waals surface area contributed by atoms with Crippen LogP contribution in [-0.4, -0.2) is 0 Å². The van der Waals surface area contributed by atoms with E-state index in [1.165, 1.54) is 21.9 Å². The van der Waals surface area contributed by atoms with Crippen molar-refractivity contribution in [3.05, 3.63) is 47.5 Å². The second kappa shape index (κ2) is 4.39. The van der Waals surface area contributed by atoms with Crippen LogP contribution in [0.15, 0.2) is 36.4 Å². The van der Waals surface area contributed by atoms with E-state index in [9.17, 15) is 0 Å². The minimum absolute atomic E-state index is 1.03.